The summed E-state index contributed by atoms with van der Waals surface area (Å²) in [4.78, 5) is 27.2. The summed E-state index contributed by atoms with van der Waals surface area (Å²) in [6.45, 7) is 1.90. The molecule has 1 saturated heterocycles. The third kappa shape index (κ3) is 3.37. The first-order chi connectivity index (χ1) is 14.4. The van der Waals surface area contributed by atoms with Crippen molar-refractivity contribution in [3.63, 3.8) is 0 Å². The number of hydrogen-bond acceptors (Lipinski definition) is 3. The summed E-state index contributed by atoms with van der Waals surface area (Å²) in [5, 5.41) is 11.4. The Bertz CT molecular complexity index is 1170. The first-order valence-electron chi connectivity index (χ1n) is 9.26. The van der Waals surface area contributed by atoms with E-state index in [0.717, 1.165) is 5.56 Å². The van der Waals surface area contributed by atoms with Crippen LogP contribution in [-0.4, -0.2) is 16.8 Å². The SMILES string of the molecule is Cc1ccc(N2C(=O)C(=O)/C(=C(/O)c3ccc(Cl)cc3)[C@@H]2c2ccccc2F)cc1. The van der Waals surface area contributed by atoms with Crippen molar-refractivity contribution in [3.05, 3.63) is 106 Å². The molecule has 0 spiro atoms. The summed E-state index contributed by atoms with van der Waals surface area (Å²) in [5.41, 5.74) is 1.66. The van der Waals surface area contributed by atoms with Gasteiger partial charge in [-0.15, -0.1) is 0 Å². The van der Waals surface area contributed by atoms with Gasteiger partial charge in [-0.1, -0.05) is 47.5 Å². The number of benzene rings is 3. The van der Waals surface area contributed by atoms with Crippen LogP contribution in [-0.2, 0) is 9.59 Å². The van der Waals surface area contributed by atoms with Crippen molar-refractivity contribution >= 4 is 34.7 Å². The predicted molar refractivity (Wildman–Crippen MR) is 114 cm³/mol. The zero-order valence-corrected chi connectivity index (χ0v) is 16.7. The number of rotatable bonds is 3. The van der Waals surface area contributed by atoms with Gasteiger partial charge in [-0.25, -0.2) is 4.39 Å². The number of carbonyl (C=O) groups is 2. The maximum atomic E-state index is 14.8. The molecule has 1 heterocycles. The Kier molecular flexibility index (Phi) is 5.14. The number of halogens is 2. The van der Waals surface area contributed by atoms with Gasteiger partial charge in [0.15, 0.2) is 0 Å². The summed E-state index contributed by atoms with van der Waals surface area (Å²) >= 11 is 5.91. The molecule has 30 heavy (non-hydrogen) atoms. The third-order valence-electron chi connectivity index (χ3n) is 5.07. The normalized spacial score (nSPS) is 18.1. The van der Waals surface area contributed by atoms with Crippen molar-refractivity contribution in [2.75, 3.05) is 4.90 Å². The minimum atomic E-state index is -1.11. The van der Waals surface area contributed by atoms with Gasteiger partial charge in [-0.2, -0.15) is 0 Å². The van der Waals surface area contributed by atoms with Gasteiger partial charge in [0.25, 0.3) is 11.7 Å². The van der Waals surface area contributed by atoms with Crippen LogP contribution in [0.5, 0.6) is 0 Å². The summed E-state index contributed by atoms with van der Waals surface area (Å²) in [7, 11) is 0. The number of aliphatic hydroxyl groups excluding tert-OH is 1. The van der Waals surface area contributed by atoms with E-state index in [2.05, 4.69) is 0 Å². The molecular formula is C24H17ClFNO3. The number of nitrogens with zero attached hydrogens (tertiary/aromatic N) is 1. The van der Waals surface area contributed by atoms with Gasteiger partial charge in [-0.3, -0.25) is 14.5 Å². The fourth-order valence-electron chi connectivity index (χ4n) is 3.56. The van der Waals surface area contributed by atoms with E-state index in [1.807, 2.05) is 6.92 Å². The lowest BCUT2D eigenvalue weighted by Gasteiger charge is -2.25. The van der Waals surface area contributed by atoms with Crippen LogP contribution in [0.2, 0.25) is 5.02 Å². The Morgan fingerprint density at radius 3 is 2.23 bits per heavy atom. The molecule has 0 radical (unpaired) electrons. The molecule has 6 heteroatoms. The van der Waals surface area contributed by atoms with Crippen LogP contribution in [0.4, 0.5) is 10.1 Å². The number of Topliss-reactive ketones (excluding diaryl/α,β-unsaturated/α-hetero) is 1. The first kappa shape index (κ1) is 19.9. The summed E-state index contributed by atoms with van der Waals surface area (Å²) < 4.78 is 14.8. The van der Waals surface area contributed by atoms with E-state index in [-0.39, 0.29) is 16.9 Å². The van der Waals surface area contributed by atoms with Crippen LogP contribution in [0.15, 0.2) is 78.4 Å². The van der Waals surface area contributed by atoms with Crippen molar-refractivity contribution in [1.29, 1.82) is 0 Å². The molecule has 1 amide bonds. The van der Waals surface area contributed by atoms with E-state index in [0.29, 0.717) is 16.3 Å². The summed E-state index contributed by atoms with van der Waals surface area (Å²) in [5.74, 6) is -2.67. The number of aryl methyl sites for hydroxylation is 1. The van der Waals surface area contributed by atoms with Gasteiger partial charge in [0.1, 0.15) is 11.6 Å². The maximum Gasteiger partial charge on any atom is 0.300 e. The Balaban J connectivity index is 1.96. The van der Waals surface area contributed by atoms with Crippen molar-refractivity contribution in [2.24, 2.45) is 0 Å². The second-order valence-electron chi connectivity index (χ2n) is 7.03. The van der Waals surface area contributed by atoms with Gasteiger partial charge in [-0.05, 0) is 49.4 Å². The molecule has 1 fully saturated rings. The van der Waals surface area contributed by atoms with Gasteiger partial charge < -0.3 is 5.11 Å². The second-order valence-corrected chi connectivity index (χ2v) is 7.47. The molecule has 1 aliphatic rings. The molecule has 4 rings (SSSR count). The Morgan fingerprint density at radius 1 is 0.967 bits per heavy atom. The largest absolute Gasteiger partial charge is 0.507 e. The molecule has 0 aromatic heterocycles. The molecule has 0 saturated carbocycles. The van der Waals surface area contributed by atoms with Crippen LogP contribution in [0.3, 0.4) is 0 Å². The highest BCUT2D eigenvalue weighted by atomic mass is 35.5. The van der Waals surface area contributed by atoms with Crippen LogP contribution in [0, 0.1) is 12.7 Å². The molecule has 0 unspecified atom stereocenters. The summed E-state index contributed by atoms with van der Waals surface area (Å²) in [6, 6.07) is 18.0. The van der Waals surface area contributed by atoms with Crippen molar-refractivity contribution in [1.82, 2.24) is 0 Å². The number of carbonyl (C=O) groups excluding carboxylic acids is 2. The molecule has 150 valence electrons. The van der Waals surface area contributed by atoms with Gasteiger partial charge in [0.05, 0.1) is 11.6 Å². The van der Waals surface area contributed by atoms with E-state index in [1.54, 1.807) is 42.5 Å². The number of anilines is 1. The Labute approximate surface area is 177 Å². The first-order valence-corrected chi connectivity index (χ1v) is 9.64. The van der Waals surface area contributed by atoms with E-state index in [4.69, 9.17) is 11.6 Å². The zero-order valence-electron chi connectivity index (χ0n) is 16.0. The molecular weight excluding hydrogens is 405 g/mol. The summed E-state index contributed by atoms with van der Waals surface area (Å²) in [6.07, 6.45) is 0. The predicted octanol–water partition coefficient (Wildman–Crippen LogP) is 5.41. The molecule has 0 aliphatic carbocycles. The highest BCUT2D eigenvalue weighted by Crippen LogP contribution is 2.42. The van der Waals surface area contributed by atoms with Crippen LogP contribution in [0.1, 0.15) is 22.7 Å². The quantitative estimate of drug-likeness (QED) is 0.349. The zero-order chi connectivity index (χ0) is 21.4. The fourth-order valence-corrected chi connectivity index (χ4v) is 3.68. The van der Waals surface area contributed by atoms with Gasteiger partial charge in [0, 0.05) is 21.8 Å². The highest BCUT2D eigenvalue weighted by Gasteiger charge is 2.47. The standard InChI is InChI=1S/C24H17ClFNO3/c1-14-6-12-17(13-7-14)27-21(18-4-2-3-5-19(18)26)20(23(29)24(27)30)22(28)15-8-10-16(25)11-9-15/h2-13,21,28H,1H3/b22-20+/t21-/m0/s1. The van der Waals surface area contributed by atoms with E-state index in [1.165, 1.54) is 35.2 Å². The number of amides is 1. The molecule has 1 N–H and O–H groups in total. The number of aliphatic hydroxyl groups is 1. The van der Waals surface area contributed by atoms with Crippen molar-refractivity contribution < 1.29 is 19.1 Å². The molecule has 1 aliphatic heterocycles. The Hall–Kier alpha value is -3.44. The highest BCUT2D eigenvalue weighted by molar-refractivity contribution is 6.51. The van der Waals surface area contributed by atoms with E-state index < -0.39 is 23.5 Å². The van der Waals surface area contributed by atoms with Crippen molar-refractivity contribution in [2.45, 2.75) is 13.0 Å². The third-order valence-corrected chi connectivity index (χ3v) is 5.33. The molecule has 1 atom stereocenters. The monoisotopic (exact) mass is 421 g/mol. The lowest BCUT2D eigenvalue weighted by Crippen LogP contribution is -2.29. The molecule has 0 bridgehead atoms. The average molecular weight is 422 g/mol. The molecule has 4 nitrogen and oxygen atoms in total. The average Bonchev–Trinajstić information content (AvgIpc) is 3.00. The number of hydrogen-bond donors (Lipinski definition) is 1. The van der Waals surface area contributed by atoms with Crippen LogP contribution in [0.25, 0.3) is 5.76 Å². The molecule has 3 aromatic rings. The van der Waals surface area contributed by atoms with Crippen molar-refractivity contribution in [3.8, 4) is 0 Å². The molecule has 3 aromatic carbocycles. The lowest BCUT2D eigenvalue weighted by atomic mass is 9.94. The van der Waals surface area contributed by atoms with Crippen LogP contribution < -0.4 is 4.90 Å². The smallest absolute Gasteiger partial charge is 0.300 e. The van der Waals surface area contributed by atoms with E-state index >= 15 is 0 Å². The fraction of sp³-hybridized carbons (Fsp3) is 0.0833. The van der Waals surface area contributed by atoms with Gasteiger partial charge in [0.2, 0.25) is 0 Å². The second kappa shape index (κ2) is 7.76. The Morgan fingerprint density at radius 2 is 1.60 bits per heavy atom. The van der Waals surface area contributed by atoms with Gasteiger partial charge >= 0.3 is 0 Å². The van der Waals surface area contributed by atoms with E-state index in [9.17, 15) is 19.1 Å². The maximum absolute atomic E-state index is 14.8. The van der Waals surface area contributed by atoms with Crippen LogP contribution >= 0.6 is 11.6 Å². The lowest BCUT2D eigenvalue weighted by molar-refractivity contribution is -0.132. The number of ketones is 1. The minimum Gasteiger partial charge on any atom is -0.507 e. The topological polar surface area (TPSA) is 57.6 Å². The minimum absolute atomic E-state index is 0.118.